The average Bonchev–Trinajstić information content (AvgIpc) is 2.60. The third-order valence-electron chi connectivity index (χ3n) is 4.22. The molecule has 1 aliphatic carbocycles. The van der Waals surface area contributed by atoms with Crippen molar-refractivity contribution in [2.45, 2.75) is 43.6 Å². The molecule has 0 radical (unpaired) electrons. The summed E-state index contributed by atoms with van der Waals surface area (Å²) in [6, 6.07) is 5.67. The van der Waals surface area contributed by atoms with Crippen molar-refractivity contribution in [2.24, 2.45) is 0 Å². The molecule has 0 saturated heterocycles. The van der Waals surface area contributed by atoms with Gasteiger partial charge in [-0.25, -0.2) is 9.59 Å². The SMILES string of the molecule is COCOc1ccc(C(=O)OC2(C(F)(F)C(=O)O)CCCCC2)cc1. The van der Waals surface area contributed by atoms with Gasteiger partial charge in [-0.2, -0.15) is 8.78 Å². The van der Waals surface area contributed by atoms with E-state index in [2.05, 4.69) is 0 Å². The Hall–Kier alpha value is -2.22. The van der Waals surface area contributed by atoms with Gasteiger partial charge in [-0.3, -0.25) is 0 Å². The normalized spacial score (nSPS) is 16.9. The van der Waals surface area contributed by atoms with Gasteiger partial charge in [0.1, 0.15) is 5.75 Å². The second-order valence-corrected chi connectivity index (χ2v) is 5.90. The topological polar surface area (TPSA) is 82.1 Å². The van der Waals surface area contributed by atoms with Crippen LogP contribution in [0.25, 0.3) is 0 Å². The molecule has 2 rings (SSSR count). The lowest BCUT2D eigenvalue weighted by Gasteiger charge is -2.40. The van der Waals surface area contributed by atoms with Crippen molar-refractivity contribution >= 4 is 11.9 Å². The fourth-order valence-electron chi connectivity index (χ4n) is 2.85. The van der Waals surface area contributed by atoms with Gasteiger partial charge in [-0.1, -0.05) is 6.42 Å². The number of hydrogen-bond donors (Lipinski definition) is 1. The second-order valence-electron chi connectivity index (χ2n) is 5.90. The smallest absolute Gasteiger partial charge is 0.381 e. The lowest BCUT2D eigenvalue weighted by molar-refractivity contribution is -0.215. The molecule has 0 unspecified atom stereocenters. The van der Waals surface area contributed by atoms with Crippen molar-refractivity contribution in [1.29, 1.82) is 0 Å². The summed E-state index contributed by atoms with van der Waals surface area (Å²) in [6.07, 6.45) is 1.07. The van der Waals surface area contributed by atoms with Crippen LogP contribution in [0.3, 0.4) is 0 Å². The number of carboxylic acids is 1. The van der Waals surface area contributed by atoms with Gasteiger partial charge >= 0.3 is 17.9 Å². The third kappa shape index (κ3) is 4.07. The van der Waals surface area contributed by atoms with Crippen LogP contribution < -0.4 is 4.74 Å². The van der Waals surface area contributed by atoms with Crippen LogP contribution in [0.5, 0.6) is 5.75 Å². The summed E-state index contributed by atoms with van der Waals surface area (Å²) in [6.45, 7) is 0.0255. The van der Waals surface area contributed by atoms with Crippen LogP contribution in [0.15, 0.2) is 24.3 Å². The molecule has 0 atom stereocenters. The van der Waals surface area contributed by atoms with Gasteiger partial charge in [0.2, 0.25) is 0 Å². The zero-order valence-electron chi connectivity index (χ0n) is 13.8. The molecule has 0 bridgehead atoms. The van der Waals surface area contributed by atoms with E-state index in [9.17, 15) is 18.4 Å². The molecule has 6 nitrogen and oxygen atoms in total. The fourth-order valence-corrected chi connectivity index (χ4v) is 2.85. The number of esters is 1. The monoisotopic (exact) mass is 358 g/mol. The number of methoxy groups -OCH3 is 1. The molecule has 1 N–H and O–H groups in total. The number of carboxylic acid groups (broad SMARTS) is 1. The van der Waals surface area contributed by atoms with Gasteiger partial charge < -0.3 is 19.3 Å². The van der Waals surface area contributed by atoms with Crippen LogP contribution in [0.2, 0.25) is 0 Å². The first-order chi connectivity index (χ1) is 11.8. The Morgan fingerprint density at radius 3 is 2.28 bits per heavy atom. The Labute approximate surface area is 143 Å². The van der Waals surface area contributed by atoms with Gasteiger partial charge in [-0.15, -0.1) is 0 Å². The maximum atomic E-state index is 14.3. The van der Waals surface area contributed by atoms with Gasteiger partial charge in [0.05, 0.1) is 5.56 Å². The number of carbonyl (C=O) groups is 2. The molecule has 0 aromatic heterocycles. The van der Waals surface area contributed by atoms with E-state index in [1.54, 1.807) is 0 Å². The maximum Gasteiger partial charge on any atom is 0.381 e. The van der Waals surface area contributed by atoms with Gasteiger partial charge in [0.15, 0.2) is 12.4 Å². The predicted molar refractivity (Wildman–Crippen MR) is 82.8 cm³/mol. The number of carbonyl (C=O) groups excluding carboxylic acids is 1. The number of aliphatic carboxylic acids is 1. The number of halogens is 2. The standard InChI is InChI=1S/C17H20F2O6/c1-23-11-24-13-7-5-12(6-8-13)14(20)25-16(9-3-2-4-10-16)17(18,19)15(21)22/h5-8H,2-4,9-11H2,1H3,(H,21,22). The molecule has 0 heterocycles. The summed E-state index contributed by atoms with van der Waals surface area (Å²) in [5.74, 6) is -6.99. The summed E-state index contributed by atoms with van der Waals surface area (Å²) in [4.78, 5) is 23.3. The average molecular weight is 358 g/mol. The summed E-state index contributed by atoms with van der Waals surface area (Å²) in [5.41, 5.74) is -2.28. The summed E-state index contributed by atoms with van der Waals surface area (Å²) in [5, 5.41) is 8.89. The molecule has 138 valence electrons. The number of rotatable bonds is 7. The molecule has 1 aromatic carbocycles. The first-order valence-electron chi connectivity index (χ1n) is 7.89. The Balaban J connectivity index is 2.18. The molecule has 1 aromatic rings. The third-order valence-corrected chi connectivity index (χ3v) is 4.22. The maximum absolute atomic E-state index is 14.3. The van der Waals surface area contributed by atoms with Crippen LogP contribution in [-0.4, -0.2) is 42.5 Å². The molecule has 25 heavy (non-hydrogen) atoms. The van der Waals surface area contributed by atoms with E-state index in [1.807, 2.05) is 0 Å². The molecule has 1 fully saturated rings. The van der Waals surface area contributed by atoms with Crippen LogP contribution in [0.1, 0.15) is 42.5 Å². The van der Waals surface area contributed by atoms with Crippen LogP contribution in [0.4, 0.5) is 8.78 Å². The highest BCUT2D eigenvalue weighted by molar-refractivity contribution is 5.90. The quantitative estimate of drug-likeness (QED) is 0.595. The molecular formula is C17H20F2O6. The Morgan fingerprint density at radius 2 is 1.76 bits per heavy atom. The Kier molecular flexibility index (Phi) is 5.94. The summed E-state index contributed by atoms with van der Waals surface area (Å²) in [7, 11) is 1.46. The Bertz CT molecular complexity index is 608. The molecule has 8 heteroatoms. The minimum Gasteiger partial charge on any atom is -0.477 e. The van der Waals surface area contributed by atoms with E-state index < -0.39 is 23.5 Å². The van der Waals surface area contributed by atoms with Crippen LogP contribution in [-0.2, 0) is 14.3 Å². The van der Waals surface area contributed by atoms with Crippen molar-refractivity contribution in [3.05, 3.63) is 29.8 Å². The van der Waals surface area contributed by atoms with E-state index >= 15 is 0 Å². The molecule has 1 aliphatic rings. The molecule has 1 saturated carbocycles. The van der Waals surface area contributed by atoms with E-state index in [0.717, 1.165) is 0 Å². The first-order valence-corrected chi connectivity index (χ1v) is 7.89. The highest BCUT2D eigenvalue weighted by Crippen LogP contribution is 2.44. The highest BCUT2D eigenvalue weighted by Gasteiger charge is 2.62. The second kappa shape index (κ2) is 7.77. The lowest BCUT2D eigenvalue weighted by atomic mass is 9.79. The van der Waals surface area contributed by atoms with Gasteiger partial charge in [-0.05, 0) is 49.9 Å². The van der Waals surface area contributed by atoms with Gasteiger partial charge in [0, 0.05) is 7.11 Å². The number of benzene rings is 1. The first kappa shape index (κ1) is 19.1. The zero-order valence-corrected chi connectivity index (χ0v) is 13.8. The van der Waals surface area contributed by atoms with Crippen molar-refractivity contribution in [3.8, 4) is 5.75 Å². The predicted octanol–water partition coefficient (Wildman–Crippen LogP) is 3.25. The summed E-state index contributed by atoms with van der Waals surface area (Å²) < 4.78 is 43.5. The van der Waals surface area contributed by atoms with E-state index in [0.29, 0.717) is 25.0 Å². The molecule has 0 aliphatic heterocycles. The van der Waals surface area contributed by atoms with Crippen molar-refractivity contribution < 1.29 is 37.7 Å². The number of ether oxygens (including phenoxy) is 3. The number of hydrogen-bond acceptors (Lipinski definition) is 5. The van der Waals surface area contributed by atoms with Crippen molar-refractivity contribution in [3.63, 3.8) is 0 Å². The zero-order chi connectivity index (χ0) is 18.5. The molecule has 0 spiro atoms. The summed E-state index contributed by atoms with van der Waals surface area (Å²) >= 11 is 0. The molecular weight excluding hydrogens is 338 g/mol. The van der Waals surface area contributed by atoms with E-state index in [1.165, 1.54) is 31.4 Å². The highest BCUT2D eigenvalue weighted by atomic mass is 19.3. The number of alkyl halides is 2. The fraction of sp³-hybridized carbons (Fsp3) is 0.529. The van der Waals surface area contributed by atoms with E-state index in [-0.39, 0.29) is 25.2 Å². The van der Waals surface area contributed by atoms with Crippen LogP contribution in [0, 0.1) is 0 Å². The van der Waals surface area contributed by atoms with Gasteiger partial charge in [0.25, 0.3) is 0 Å². The van der Waals surface area contributed by atoms with Crippen LogP contribution >= 0.6 is 0 Å². The minimum atomic E-state index is -4.15. The van der Waals surface area contributed by atoms with Crippen molar-refractivity contribution in [1.82, 2.24) is 0 Å². The van der Waals surface area contributed by atoms with Crippen molar-refractivity contribution in [2.75, 3.05) is 13.9 Å². The lowest BCUT2D eigenvalue weighted by Crippen LogP contribution is -2.56. The molecule has 0 amide bonds. The van der Waals surface area contributed by atoms with E-state index in [4.69, 9.17) is 19.3 Å². The Morgan fingerprint density at radius 1 is 1.16 bits per heavy atom. The largest absolute Gasteiger partial charge is 0.477 e. The minimum absolute atomic E-state index is 0.0255.